The van der Waals surface area contributed by atoms with E-state index in [1.165, 1.54) is 0 Å². The quantitative estimate of drug-likeness (QED) is 0.869. The average molecular weight is 333 g/mol. The summed E-state index contributed by atoms with van der Waals surface area (Å²) in [5.74, 6) is -1.01. The lowest BCUT2D eigenvalue weighted by atomic mass is 9.94. The van der Waals surface area contributed by atoms with Gasteiger partial charge in [-0.1, -0.05) is 13.3 Å². The van der Waals surface area contributed by atoms with Crippen LogP contribution in [0.3, 0.4) is 0 Å². The SMILES string of the molecule is CCC(NC(=O)[C@@H]1CCC[C@@H]1CN)c1cc(F)ccc1F.Cl. The minimum atomic E-state index is -0.507. The number of hydrogen-bond acceptors (Lipinski definition) is 2. The van der Waals surface area contributed by atoms with Crippen molar-refractivity contribution in [3.63, 3.8) is 0 Å². The van der Waals surface area contributed by atoms with Crippen LogP contribution in [-0.4, -0.2) is 12.5 Å². The lowest BCUT2D eigenvalue weighted by Crippen LogP contribution is -2.37. The molecule has 1 aromatic rings. The van der Waals surface area contributed by atoms with Crippen LogP contribution in [0.1, 0.15) is 44.2 Å². The van der Waals surface area contributed by atoms with Gasteiger partial charge in [-0.3, -0.25) is 4.79 Å². The van der Waals surface area contributed by atoms with Crippen molar-refractivity contribution in [3.8, 4) is 0 Å². The highest BCUT2D eigenvalue weighted by Crippen LogP contribution is 2.32. The zero-order valence-electron chi connectivity index (χ0n) is 12.6. The maximum Gasteiger partial charge on any atom is 0.223 e. The van der Waals surface area contributed by atoms with E-state index in [9.17, 15) is 13.6 Å². The van der Waals surface area contributed by atoms with Crippen LogP contribution in [0, 0.1) is 23.5 Å². The molecule has 1 unspecified atom stereocenters. The summed E-state index contributed by atoms with van der Waals surface area (Å²) in [6.45, 7) is 2.33. The van der Waals surface area contributed by atoms with Gasteiger partial charge >= 0.3 is 0 Å². The molecule has 1 aliphatic carbocycles. The number of amides is 1. The molecule has 1 aromatic carbocycles. The fraction of sp³-hybridized carbons (Fsp3) is 0.562. The van der Waals surface area contributed by atoms with E-state index in [-0.39, 0.29) is 35.7 Å². The van der Waals surface area contributed by atoms with Crippen molar-refractivity contribution in [3.05, 3.63) is 35.4 Å². The van der Waals surface area contributed by atoms with Gasteiger partial charge in [-0.25, -0.2) is 8.78 Å². The topological polar surface area (TPSA) is 55.1 Å². The first-order valence-corrected chi connectivity index (χ1v) is 7.52. The molecular formula is C16H23ClF2N2O. The fourth-order valence-electron chi connectivity index (χ4n) is 3.12. The Labute approximate surface area is 136 Å². The first kappa shape index (κ1) is 18.8. The molecule has 0 bridgehead atoms. The van der Waals surface area contributed by atoms with Crippen molar-refractivity contribution >= 4 is 18.3 Å². The maximum atomic E-state index is 13.8. The predicted octanol–water partition coefficient (Wildman–Crippen LogP) is 3.33. The van der Waals surface area contributed by atoms with Crippen LogP contribution in [-0.2, 0) is 4.79 Å². The summed E-state index contributed by atoms with van der Waals surface area (Å²) in [6.07, 6.45) is 3.27. The summed E-state index contributed by atoms with van der Waals surface area (Å²) in [5.41, 5.74) is 5.89. The lowest BCUT2D eigenvalue weighted by molar-refractivity contribution is -0.126. The average Bonchev–Trinajstić information content (AvgIpc) is 2.96. The van der Waals surface area contributed by atoms with Crippen molar-refractivity contribution in [2.24, 2.45) is 17.6 Å². The van der Waals surface area contributed by atoms with Gasteiger partial charge in [-0.05, 0) is 49.9 Å². The van der Waals surface area contributed by atoms with Gasteiger partial charge in [0.2, 0.25) is 5.91 Å². The summed E-state index contributed by atoms with van der Waals surface area (Å²) in [7, 11) is 0. The second-order valence-corrected chi connectivity index (χ2v) is 5.67. The van der Waals surface area contributed by atoms with Gasteiger partial charge in [0, 0.05) is 11.5 Å². The number of nitrogens with two attached hydrogens (primary N) is 1. The molecule has 0 aliphatic heterocycles. The molecule has 0 saturated heterocycles. The molecule has 3 nitrogen and oxygen atoms in total. The Kier molecular flexibility index (Phi) is 7.23. The second-order valence-electron chi connectivity index (χ2n) is 5.67. The molecule has 1 aliphatic rings. The third kappa shape index (κ3) is 4.17. The highest BCUT2D eigenvalue weighted by atomic mass is 35.5. The maximum absolute atomic E-state index is 13.8. The highest BCUT2D eigenvalue weighted by Gasteiger charge is 2.33. The zero-order chi connectivity index (χ0) is 15.4. The van der Waals surface area contributed by atoms with Gasteiger partial charge < -0.3 is 11.1 Å². The monoisotopic (exact) mass is 332 g/mol. The normalized spacial score (nSPS) is 22.0. The Morgan fingerprint density at radius 1 is 1.41 bits per heavy atom. The van der Waals surface area contributed by atoms with E-state index in [0.717, 1.165) is 37.5 Å². The summed E-state index contributed by atoms with van der Waals surface area (Å²) in [6, 6.07) is 2.82. The number of carbonyl (C=O) groups excluding carboxylic acids is 1. The van der Waals surface area contributed by atoms with E-state index in [1.54, 1.807) is 0 Å². The zero-order valence-corrected chi connectivity index (χ0v) is 13.5. The highest BCUT2D eigenvalue weighted by molar-refractivity contribution is 5.85. The molecule has 22 heavy (non-hydrogen) atoms. The van der Waals surface area contributed by atoms with Crippen molar-refractivity contribution in [1.29, 1.82) is 0 Å². The Morgan fingerprint density at radius 3 is 2.77 bits per heavy atom. The smallest absolute Gasteiger partial charge is 0.223 e. The van der Waals surface area contributed by atoms with Gasteiger partial charge in [-0.2, -0.15) is 0 Å². The third-order valence-electron chi connectivity index (χ3n) is 4.36. The van der Waals surface area contributed by atoms with E-state index >= 15 is 0 Å². The van der Waals surface area contributed by atoms with E-state index in [0.29, 0.717) is 13.0 Å². The molecule has 3 atom stereocenters. The van der Waals surface area contributed by atoms with Crippen LogP contribution in [0.25, 0.3) is 0 Å². The van der Waals surface area contributed by atoms with Crippen LogP contribution < -0.4 is 11.1 Å². The van der Waals surface area contributed by atoms with Crippen LogP contribution >= 0.6 is 12.4 Å². The second kappa shape index (κ2) is 8.44. The number of halogens is 3. The Morgan fingerprint density at radius 2 is 2.14 bits per heavy atom. The molecule has 0 aromatic heterocycles. The van der Waals surface area contributed by atoms with Crippen molar-refractivity contribution in [2.75, 3.05) is 6.54 Å². The number of hydrogen-bond donors (Lipinski definition) is 2. The van der Waals surface area contributed by atoms with Gasteiger partial charge in [-0.15, -0.1) is 12.4 Å². The molecule has 1 fully saturated rings. The van der Waals surface area contributed by atoms with E-state index in [4.69, 9.17) is 5.73 Å². The molecule has 0 spiro atoms. The minimum absolute atomic E-state index is 0. The van der Waals surface area contributed by atoms with Gasteiger partial charge in [0.25, 0.3) is 0 Å². The molecule has 1 saturated carbocycles. The van der Waals surface area contributed by atoms with Crippen LogP contribution in [0.5, 0.6) is 0 Å². The van der Waals surface area contributed by atoms with E-state index < -0.39 is 17.7 Å². The summed E-state index contributed by atoms with van der Waals surface area (Å²) < 4.78 is 27.1. The number of carbonyl (C=O) groups is 1. The van der Waals surface area contributed by atoms with Gasteiger partial charge in [0.15, 0.2) is 0 Å². The summed E-state index contributed by atoms with van der Waals surface area (Å²) in [4.78, 5) is 12.4. The van der Waals surface area contributed by atoms with Gasteiger partial charge in [0.1, 0.15) is 11.6 Å². The van der Waals surface area contributed by atoms with Crippen molar-refractivity contribution < 1.29 is 13.6 Å². The molecule has 124 valence electrons. The largest absolute Gasteiger partial charge is 0.349 e. The van der Waals surface area contributed by atoms with Crippen LogP contribution in [0.2, 0.25) is 0 Å². The van der Waals surface area contributed by atoms with Gasteiger partial charge in [0.05, 0.1) is 6.04 Å². The molecule has 0 heterocycles. The summed E-state index contributed by atoms with van der Waals surface area (Å²) >= 11 is 0. The molecule has 0 radical (unpaired) electrons. The minimum Gasteiger partial charge on any atom is -0.349 e. The Bertz CT molecular complexity index is 513. The number of benzene rings is 1. The molecule has 3 N–H and O–H groups in total. The van der Waals surface area contributed by atoms with Crippen LogP contribution in [0.4, 0.5) is 8.78 Å². The summed E-state index contributed by atoms with van der Waals surface area (Å²) in [5, 5.41) is 2.86. The Hall–Kier alpha value is -1.20. The standard InChI is InChI=1S/C16H22F2N2O.ClH/c1-2-15(13-8-11(17)6-7-14(13)18)20-16(21)12-5-3-4-10(12)9-19;/h6-8,10,12,15H,2-5,9,19H2,1H3,(H,20,21);1H/t10-,12-,15?;/m1./s1. The molecule has 2 rings (SSSR count). The van der Waals surface area contributed by atoms with Crippen LogP contribution in [0.15, 0.2) is 18.2 Å². The molecule has 6 heteroatoms. The lowest BCUT2D eigenvalue weighted by Gasteiger charge is -2.23. The molecule has 1 amide bonds. The van der Waals surface area contributed by atoms with Crippen molar-refractivity contribution in [1.82, 2.24) is 5.32 Å². The Balaban J connectivity index is 0.00000242. The first-order valence-electron chi connectivity index (χ1n) is 7.52. The van der Waals surface area contributed by atoms with E-state index in [2.05, 4.69) is 5.32 Å². The number of nitrogens with one attached hydrogen (secondary N) is 1. The first-order chi connectivity index (χ1) is 10.1. The van der Waals surface area contributed by atoms with Crippen molar-refractivity contribution in [2.45, 2.75) is 38.6 Å². The third-order valence-corrected chi connectivity index (χ3v) is 4.36. The predicted molar refractivity (Wildman–Crippen MR) is 84.7 cm³/mol. The number of rotatable bonds is 5. The van der Waals surface area contributed by atoms with E-state index in [1.807, 2.05) is 6.92 Å². The molecular weight excluding hydrogens is 310 g/mol. The fourth-order valence-corrected chi connectivity index (χ4v) is 3.12.